The first-order valence-corrected chi connectivity index (χ1v) is 4.98. The molecule has 0 radical (unpaired) electrons. The minimum absolute atomic E-state index is 1.05. The third kappa shape index (κ3) is 1.58. The number of benzene rings is 1. The molecule has 0 atom stereocenters. The zero-order chi connectivity index (χ0) is 9.97. The Bertz CT molecular complexity index is 463. The molecule has 1 aromatic carbocycles. The number of hydrogen-bond acceptors (Lipinski definition) is 0. The minimum atomic E-state index is 1.05. The largest absolute Gasteiger partial charge is 0.361 e. The lowest BCUT2D eigenvalue weighted by molar-refractivity contribution is 1.15. The van der Waals surface area contributed by atoms with Gasteiger partial charge in [-0.3, -0.25) is 0 Å². The van der Waals surface area contributed by atoms with Crippen LogP contribution < -0.4 is 0 Å². The quantitative estimate of drug-likeness (QED) is 0.687. The van der Waals surface area contributed by atoms with Crippen LogP contribution in [0.3, 0.4) is 0 Å². The van der Waals surface area contributed by atoms with Crippen LogP contribution in [0.5, 0.6) is 0 Å². The van der Waals surface area contributed by atoms with Crippen molar-refractivity contribution in [3.05, 3.63) is 47.7 Å². The molecule has 0 saturated carbocycles. The lowest BCUT2D eigenvalue weighted by Crippen LogP contribution is -1.86. The summed E-state index contributed by atoms with van der Waals surface area (Å²) in [6, 6.07) is 8.57. The van der Waals surface area contributed by atoms with Crippen molar-refractivity contribution in [1.29, 1.82) is 0 Å². The molecule has 1 N–H and O–H groups in total. The topological polar surface area (TPSA) is 15.8 Å². The van der Waals surface area contributed by atoms with Gasteiger partial charge in [-0.1, -0.05) is 23.8 Å². The second kappa shape index (κ2) is 3.70. The second-order valence-electron chi connectivity index (χ2n) is 3.67. The van der Waals surface area contributed by atoms with Crippen molar-refractivity contribution >= 4 is 10.9 Å². The van der Waals surface area contributed by atoms with Crippen LogP contribution in [0.15, 0.2) is 42.1 Å². The van der Waals surface area contributed by atoms with Gasteiger partial charge >= 0.3 is 0 Å². The number of fused-ring (bicyclic) bond motifs is 1. The van der Waals surface area contributed by atoms with E-state index in [9.17, 15) is 0 Å². The molecule has 1 heterocycles. The highest BCUT2D eigenvalue weighted by atomic mass is 14.7. The molecule has 0 fully saturated rings. The fraction of sp³-hybridized carbons (Fsp3) is 0.231. The molecular formula is C13H15N. The van der Waals surface area contributed by atoms with Crippen LogP contribution in [0.2, 0.25) is 0 Å². The minimum Gasteiger partial charge on any atom is -0.361 e. The molecule has 1 nitrogen and oxygen atoms in total. The van der Waals surface area contributed by atoms with Gasteiger partial charge < -0.3 is 4.98 Å². The van der Waals surface area contributed by atoms with E-state index in [0.29, 0.717) is 0 Å². The van der Waals surface area contributed by atoms with E-state index >= 15 is 0 Å². The average Bonchev–Trinajstić information content (AvgIpc) is 2.66. The maximum atomic E-state index is 3.23. The molecule has 1 aromatic heterocycles. The molecule has 1 heteroatoms. The Morgan fingerprint density at radius 1 is 1.36 bits per heavy atom. The van der Waals surface area contributed by atoms with E-state index in [4.69, 9.17) is 0 Å². The molecular weight excluding hydrogens is 170 g/mol. The number of H-pyrrole nitrogens is 1. The van der Waals surface area contributed by atoms with Crippen LogP contribution in [0.25, 0.3) is 10.9 Å². The Kier molecular flexibility index (Phi) is 2.40. The molecule has 14 heavy (non-hydrogen) atoms. The molecule has 0 aliphatic rings. The summed E-state index contributed by atoms with van der Waals surface area (Å²) in [6.07, 6.45) is 5.22. The standard InChI is InChI=1S/C13H15N/c1-3-10(2)9-11-5-4-6-13-12(11)7-8-14-13/h3-8,14H,9H2,1-2H3. The van der Waals surface area contributed by atoms with Crippen molar-refractivity contribution in [2.45, 2.75) is 20.3 Å². The summed E-state index contributed by atoms with van der Waals surface area (Å²) in [5.41, 5.74) is 4.05. The number of allylic oxidation sites excluding steroid dienone is 2. The van der Waals surface area contributed by atoms with Crippen LogP contribution in [0.1, 0.15) is 19.4 Å². The third-order valence-electron chi connectivity index (χ3n) is 2.65. The van der Waals surface area contributed by atoms with Gasteiger partial charge in [0.25, 0.3) is 0 Å². The van der Waals surface area contributed by atoms with Crippen LogP contribution >= 0.6 is 0 Å². The van der Waals surface area contributed by atoms with Crippen LogP contribution in [-0.2, 0) is 6.42 Å². The molecule has 0 saturated heterocycles. The maximum absolute atomic E-state index is 3.23. The molecule has 0 aliphatic carbocycles. The Balaban J connectivity index is 2.46. The van der Waals surface area contributed by atoms with Gasteiger partial charge in [-0.25, -0.2) is 0 Å². The van der Waals surface area contributed by atoms with Crippen molar-refractivity contribution in [2.75, 3.05) is 0 Å². The normalized spacial score (nSPS) is 12.3. The van der Waals surface area contributed by atoms with E-state index in [1.54, 1.807) is 0 Å². The van der Waals surface area contributed by atoms with E-state index in [2.05, 4.69) is 49.2 Å². The number of aromatic amines is 1. The summed E-state index contributed by atoms with van der Waals surface area (Å²) in [6.45, 7) is 4.26. The lowest BCUT2D eigenvalue weighted by Gasteiger charge is -2.03. The number of rotatable bonds is 2. The summed E-state index contributed by atoms with van der Waals surface area (Å²) in [4.78, 5) is 3.23. The highest BCUT2D eigenvalue weighted by Crippen LogP contribution is 2.19. The van der Waals surface area contributed by atoms with E-state index in [1.807, 2.05) is 6.20 Å². The molecule has 0 amide bonds. The van der Waals surface area contributed by atoms with Crippen LogP contribution in [-0.4, -0.2) is 4.98 Å². The summed E-state index contributed by atoms with van der Waals surface area (Å²) in [7, 11) is 0. The fourth-order valence-electron chi connectivity index (χ4n) is 1.71. The predicted molar refractivity (Wildman–Crippen MR) is 61.4 cm³/mol. The highest BCUT2D eigenvalue weighted by molar-refractivity contribution is 5.83. The summed E-state index contributed by atoms with van der Waals surface area (Å²) in [5, 5.41) is 1.34. The van der Waals surface area contributed by atoms with Gasteiger partial charge in [0.15, 0.2) is 0 Å². The Morgan fingerprint density at radius 3 is 3.00 bits per heavy atom. The lowest BCUT2D eigenvalue weighted by atomic mass is 10.0. The average molecular weight is 185 g/mol. The number of aromatic nitrogens is 1. The van der Waals surface area contributed by atoms with Gasteiger partial charge in [0, 0.05) is 17.1 Å². The second-order valence-corrected chi connectivity index (χ2v) is 3.67. The van der Waals surface area contributed by atoms with Crippen molar-refractivity contribution in [3.63, 3.8) is 0 Å². The predicted octanol–water partition coefficient (Wildman–Crippen LogP) is 3.68. The van der Waals surface area contributed by atoms with E-state index in [1.165, 1.54) is 22.0 Å². The van der Waals surface area contributed by atoms with Gasteiger partial charge in [-0.2, -0.15) is 0 Å². The van der Waals surface area contributed by atoms with Gasteiger partial charge in [0.1, 0.15) is 0 Å². The van der Waals surface area contributed by atoms with E-state index < -0.39 is 0 Å². The number of hydrogen-bond donors (Lipinski definition) is 1. The zero-order valence-corrected chi connectivity index (χ0v) is 8.67. The third-order valence-corrected chi connectivity index (χ3v) is 2.65. The first-order valence-electron chi connectivity index (χ1n) is 4.98. The van der Waals surface area contributed by atoms with Crippen LogP contribution in [0.4, 0.5) is 0 Å². The summed E-state index contributed by atoms with van der Waals surface area (Å²) in [5.74, 6) is 0. The monoisotopic (exact) mass is 185 g/mol. The first-order chi connectivity index (χ1) is 6.81. The van der Waals surface area contributed by atoms with Crippen LogP contribution in [0, 0.1) is 0 Å². The zero-order valence-electron chi connectivity index (χ0n) is 8.67. The smallest absolute Gasteiger partial charge is 0.0456 e. The fourth-order valence-corrected chi connectivity index (χ4v) is 1.71. The van der Waals surface area contributed by atoms with Crippen molar-refractivity contribution in [3.8, 4) is 0 Å². The van der Waals surface area contributed by atoms with Gasteiger partial charge in [0.05, 0.1) is 0 Å². The maximum Gasteiger partial charge on any atom is 0.0456 e. The molecule has 2 rings (SSSR count). The van der Waals surface area contributed by atoms with Crippen molar-refractivity contribution in [1.82, 2.24) is 4.98 Å². The molecule has 72 valence electrons. The molecule has 0 spiro atoms. The first kappa shape index (κ1) is 9.07. The van der Waals surface area contributed by atoms with Crippen molar-refractivity contribution in [2.24, 2.45) is 0 Å². The van der Waals surface area contributed by atoms with E-state index in [-0.39, 0.29) is 0 Å². The van der Waals surface area contributed by atoms with Crippen molar-refractivity contribution < 1.29 is 0 Å². The highest BCUT2D eigenvalue weighted by Gasteiger charge is 2.01. The van der Waals surface area contributed by atoms with Gasteiger partial charge in [-0.15, -0.1) is 0 Å². The Labute approximate surface area is 84.5 Å². The molecule has 2 aromatic rings. The molecule has 0 aliphatic heterocycles. The SMILES string of the molecule is CC=C(C)Cc1cccc2[nH]ccc12. The Hall–Kier alpha value is -1.50. The van der Waals surface area contributed by atoms with E-state index in [0.717, 1.165) is 6.42 Å². The van der Waals surface area contributed by atoms with Gasteiger partial charge in [-0.05, 0) is 38.0 Å². The molecule has 0 unspecified atom stereocenters. The van der Waals surface area contributed by atoms with Gasteiger partial charge in [0.2, 0.25) is 0 Å². The Morgan fingerprint density at radius 2 is 2.21 bits per heavy atom. The molecule has 0 bridgehead atoms. The summed E-state index contributed by atoms with van der Waals surface area (Å²) < 4.78 is 0. The summed E-state index contributed by atoms with van der Waals surface area (Å²) >= 11 is 0. The number of nitrogens with one attached hydrogen (secondary N) is 1.